The van der Waals surface area contributed by atoms with Gasteiger partial charge < -0.3 is 15.8 Å². The summed E-state index contributed by atoms with van der Waals surface area (Å²) >= 11 is 0. The van der Waals surface area contributed by atoms with Crippen molar-refractivity contribution in [1.82, 2.24) is 15.2 Å². The summed E-state index contributed by atoms with van der Waals surface area (Å²) in [5.41, 5.74) is 7.02. The molecule has 2 aromatic heterocycles. The van der Waals surface area contributed by atoms with Crippen LogP contribution in [0.25, 0.3) is 0 Å². The molecular weight excluding hydrogens is 218 g/mol. The zero-order valence-electron chi connectivity index (χ0n) is 9.42. The maximum atomic E-state index is 5.67. The second-order valence-corrected chi connectivity index (χ2v) is 3.36. The molecule has 0 bridgehead atoms. The largest absolute Gasteiger partial charge is 0.479 e. The summed E-state index contributed by atoms with van der Waals surface area (Å²) in [7, 11) is 1.53. The molecule has 0 aromatic carbocycles. The molecule has 2 aromatic rings. The number of nitrogens with two attached hydrogens (primary N) is 1. The van der Waals surface area contributed by atoms with Crippen LogP contribution >= 0.6 is 0 Å². The summed E-state index contributed by atoms with van der Waals surface area (Å²) in [6, 6.07) is 7.24. The van der Waals surface area contributed by atoms with Crippen LogP contribution in [0.4, 0.5) is 11.5 Å². The molecule has 3 N–H and O–H groups in total. The fourth-order valence-corrected chi connectivity index (χ4v) is 1.32. The van der Waals surface area contributed by atoms with Crippen LogP contribution in [-0.4, -0.2) is 22.3 Å². The van der Waals surface area contributed by atoms with Gasteiger partial charge in [0.1, 0.15) is 5.82 Å². The standard InChI is InChI=1S/C11H13N5O/c1-17-11-9(12)4-5-10(15-11)13-7-8-3-2-6-14-16-8/h2-6H,7,12H2,1H3,(H,13,15). The van der Waals surface area contributed by atoms with Crippen molar-refractivity contribution >= 4 is 11.5 Å². The predicted molar refractivity (Wildman–Crippen MR) is 64.6 cm³/mol. The molecule has 0 spiro atoms. The number of hydrogen-bond acceptors (Lipinski definition) is 6. The third-order valence-corrected chi connectivity index (χ3v) is 2.16. The molecule has 6 nitrogen and oxygen atoms in total. The van der Waals surface area contributed by atoms with Crippen molar-refractivity contribution in [2.75, 3.05) is 18.2 Å². The second kappa shape index (κ2) is 5.11. The van der Waals surface area contributed by atoms with Gasteiger partial charge in [0.25, 0.3) is 0 Å². The topological polar surface area (TPSA) is 86.0 Å². The lowest BCUT2D eigenvalue weighted by atomic mass is 10.3. The molecule has 0 radical (unpaired) electrons. The van der Waals surface area contributed by atoms with E-state index >= 15 is 0 Å². The number of aromatic nitrogens is 3. The summed E-state index contributed by atoms with van der Waals surface area (Å²) in [6.07, 6.45) is 1.63. The van der Waals surface area contributed by atoms with Crippen molar-refractivity contribution in [3.05, 3.63) is 36.2 Å². The Kier molecular flexibility index (Phi) is 3.34. The van der Waals surface area contributed by atoms with Gasteiger partial charge in [-0.1, -0.05) is 0 Å². The second-order valence-electron chi connectivity index (χ2n) is 3.36. The first-order valence-corrected chi connectivity index (χ1v) is 5.10. The number of nitrogens with one attached hydrogen (secondary N) is 1. The number of nitrogen functional groups attached to an aromatic ring is 1. The summed E-state index contributed by atoms with van der Waals surface area (Å²) < 4.78 is 5.03. The van der Waals surface area contributed by atoms with Crippen molar-refractivity contribution < 1.29 is 4.74 Å². The van der Waals surface area contributed by atoms with Crippen molar-refractivity contribution in [3.63, 3.8) is 0 Å². The quantitative estimate of drug-likeness (QED) is 0.818. The molecule has 0 amide bonds. The third-order valence-electron chi connectivity index (χ3n) is 2.16. The number of ether oxygens (including phenoxy) is 1. The fourth-order valence-electron chi connectivity index (χ4n) is 1.32. The Hall–Kier alpha value is -2.37. The van der Waals surface area contributed by atoms with E-state index in [-0.39, 0.29) is 0 Å². The summed E-state index contributed by atoms with van der Waals surface area (Å²) in [5.74, 6) is 1.09. The highest BCUT2D eigenvalue weighted by Crippen LogP contribution is 2.20. The molecule has 2 heterocycles. The van der Waals surface area contributed by atoms with Crippen LogP contribution in [0.2, 0.25) is 0 Å². The Morgan fingerprint density at radius 1 is 1.35 bits per heavy atom. The van der Waals surface area contributed by atoms with E-state index in [4.69, 9.17) is 10.5 Å². The minimum absolute atomic E-state index is 0.411. The Labute approximate surface area is 98.8 Å². The van der Waals surface area contributed by atoms with Gasteiger partial charge in [-0.15, -0.1) is 0 Å². The average Bonchev–Trinajstić information content (AvgIpc) is 2.39. The van der Waals surface area contributed by atoms with Gasteiger partial charge in [-0.25, -0.2) is 0 Å². The highest BCUT2D eigenvalue weighted by atomic mass is 16.5. The highest BCUT2D eigenvalue weighted by Gasteiger charge is 2.02. The lowest BCUT2D eigenvalue weighted by Crippen LogP contribution is -2.05. The number of nitrogens with zero attached hydrogens (tertiary/aromatic N) is 3. The van der Waals surface area contributed by atoms with Crippen LogP contribution in [0, 0.1) is 0 Å². The molecule has 0 atom stereocenters. The first-order valence-electron chi connectivity index (χ1n) is 5.10. The number of hydrogen-bond donors (Lipinski definition) is 2. The van der Waals surface area contributed by atoms with E-state index in [2.05, 4.69) is 20.5 Å². The molecule has 0 aliphatic rings. The lowest BCUT2D eigenvalue weighted by Gasteiger charge is -2.07. The average molecular weight is 231 g/mol. The van der Waals surface area contributed by atoms with Crippen molar-refractivity contribution in [2.45, 2.75) is 6.54 Å². The first-order chi connectivity index (χ1) is 8.29. The summed E-state index contributed by atoms with van der Waals surface area (Å²) in [4.78, 5) is 4.20. The van der Waals surface area contributed by atoms with Crippen molar-refractivity contribution in [2.24, 2.45) is 0 Å². The SMILES string of the molecule is COc1nc(NCc2cccnn2)ccc1N. The van der Waals surface area contributed by atoms with Crippen LogP contribution in [0.15, 0.2) is 30.5 Å². The van der Waals surface area contributed by atoms with Crippen LogP contribution in [-0.2, 0) is 6.54 Å². The maximum Gasteiger partial charge on any atom is 0.238 e. The molecule has 0 aliphatic heterocycles. The van der Waals surface area contributed by atoms with Gasteiger partial charge in [-0.3, -0.25) is 0 Å². The van der Waals surface area contributed by atoms with E-state index in [1.807, 2.05) is 12.1 Å². The molecule has 2 rings (SSSR count). The molecule has 88 valence electrons. The van der Waals surface area contributed by atoms with Gasteiger partial charge in [0.15, 0.2) is 0 Å². The number of anilines is 2. The molecule has 0 unspecified atom stereocenters. The van der Waals surface area contributed by atoms with Gasteiger partial charge in [0.2, 0.25) is 5.88 Å². The van der Waals surface area contributed by atoms with Crippen LogP contribution < -0.4 is 15.8 Å². The van der Waals surface area contributed by atoms with Gasteiger partial charge in [-0.2, -0.15) is 15.2 Å². The van der Waals surface area contributed by atoms with E-state index < -0.39 is 0 Å². The number of methoxy groups -OCH3 is 1. The zero-order valence-corrected chi connectivity index (χ0v) is 9.42. The Morgan fingerprint density at radius 2 is 2.24 bits per heavy atom. The van der Waals surface area contributed by atoms with Gasteiger partial charge >= 0.3 is 0 Å². The van der Waals surface area contributed by atoms with Gasteiger partial charge in [0, 0.05) is 6.20 Å². The van der Waals surface area contributed by atoms with E-state index in [9.17, 15) is 0 Å². The fraction of sp³-hybridized carbons (Fsp3) is 0.182. The van der Waals surface area contributed by atoms with Crippen molar-refractivity contribution in [1.29, 1.82) is 0 Å². The van der Waals surface area contributed by atoms with E-state index in [0.717, 1.165) is 5.69 Å². The Balaban J connectivity index is 2.04. The summed E-state index contributed by atoms with van der Waals surface area (Å²) in [6.45, 7) is 0.550. The van der Waals surface area contributed by atoms with Gasteiger partial charge in [0.05, 0.1) is 25.0 Å². The van der Waals surface area contributed by atoms with E-state index in [0.29, 0.717) is 23.9 Å². The van der Waals surface area contributed by atoms with E-state index in [1.165, 1.54) is 7.11 Å². The monoisotopic (exact) mass is 231 g/mol. The molecule has 0 saturated heterocycles. The molecule has 0 aliphatic carbocycles. The number of pyridine rings is 1. The third kappa shape index (κ3) is 2.81. The van der Waals surface area contributed by atoms with Crippen LogP contribution in [0.1, 0.15) is 5.69 Å². The smallest absolute Gasteiger partial charge is 0.238 e. The normalized spacial score (nSPS) is 9.94. The zero-order chi connectivity index (χ0) is 12.1. The Morgan fingerprint density at radius 3 is 2.94 bits per heavy atom. The molecule has 6 heteroatoms. The van der Waals surface area contributed by atoms with E-state index in [1.54, 1.807) is 18.3 Å². The summed E-state index contributed by atoms with van der Waals surface area (Å²) in [5, 5.41) is 10.9. The van der Waals surface area contributed by atoms with Crippen LogP contribution in [0.5, 0.6) is 5.88 Å². The van der Waals surface area contributed by atoms with Crippen LogP contribution in [0.3, 0.4) is 0 Å². The lowest BCUT2D eigenvalue weighted by molar-refractivity contribution is 0.401. The first kappa shape index (κ1) is 11.1. The maximum absolute atomic E-state index is 5.67. The minimum Gasteiger partial charge on any atom is -0.479 e. The molecule has 0 saturated carbocycles. The molecule has 17 heavy (non-hydrogen) atoms. The highest BCUT2D eigenvalue weighted by molar-refractivity contribution is 5.53. The molecule has 0 fully saturated rings. The van der Waals surface area contributed by atoms with Gasteiger partial charge in [-0.05, 0) is 24.3 Å². The predicted octanol–water partition coefficient (Wildman–Crippen LogP) is 1.07. The Bertz CT molecular complexity index is 488. The molecular formula is C11H13N5O. The minimum atomic E-state index is 0.411. The number of rotatable bonds is 4. The van der Waals surface area contributed by atoms with Crippen molar-refractivity contribution in [3.8, 4) is 5.88 Å².